The fraction of sp³-hybridized carbons (Fsp3) is 0.238. The van der Waals surface area contributed by atoms with Gasteiger partial charge in [-0.3, -0.25) is 9.59 Å². The minimum atomic E-state index is -0.165. The van der Waals surface area contributed by atoms with Gasteiger partial charge in [-0.2, -0.15) is 0 Å². The van der Waals surface area contributed by atoms with Crippen molar-refractivity contribution in [3.05, 3.63) is 47.2 Å². The molecular weight excluding hydrogens is 340 g/mol. The van der Waals surface area contributed by atoms with E-state index in [0.717, 1.165) is 38.4 Å². The molecule has 6 heteroatoms. The molecule has 0 bridgehead atoms. The number of carbonyl (C=O) groups is 2. The van der Waals surface area contributed by atoms with Crippen molar-refractivity contribution in [1.29, 1.82) is 0 Å². The Hall–Kier alpha value is -3.28. The van der Waals surface area contributed by atoms with E-state index in [9.17, 15) is 9.59 Å². The Morgan fingerprint density at radius 2 is 1.67 bits per heavy atom. The predicted molar refractivity (Wildman–Crippen MR) is 108 cm³/mol. The number of carbonyl (C=O) groups excluding carboxylic acids is 2. The van der Waals surface area contributed by atoms with E-state index in [2.05, 4.69) is 45.7 Å². The number of fused-ring (bicyclic) bond motifs is 4. The van der Waals surface area contributed by atoms with Gasteiger partial charge in [-0.15, -0.1) is 0 Å². The van der Waals surface area contributed by atoms with Crippen molar-refractivity contribution in [2.24, 2.45) is 0 Å². The van der Waals surface area contributed by atoms with Crippen LogP contribution in [0.15, 0.2) is 30.3 Å². The lowest BCUT2D eigenvalue weighted by Crippen LogP contribution is -2.34. The average molecular weight is 362 g/mol. The maximum atomic E-state index is 12.6. The standard InChI is InChI=1S/C21H22N4O2/c1-11-18-12(2)20(21(27)23-9-8-22-13(3)26)25-17(18)10-15-14-6-4-5-7-16(14)24-19(11)15/h4-7,10,24-25H,8-9H2,1-3H3,(H,22,26)(H,23,27). The number of aryl methyl sites for hydroxylation is 2. The molecule has 138 valence electrons. The Kier molecular flexibility index (Phi) is 4.11. The molecule has 2 heterocycles. The number of para-hydroxylation sites is 1. The van der Waals surface area contributed by atoms with E-state index in [1.54, 1.807) is 0 Å². The van der Waals surface area contributed by atoms with Crippen molar-refractivity contribution in [1.82, 2.24) is 20.6 Å². The van der Waals surface area contributed by atoms with Crippen LogP contribution in [0, 0.1) is 13.8 Å². The van der Waals surface area contributed by atoms with Gasteiger partial charge in [-0.25, -0.2) is 0 Å². The summed E-state index contributed by atoms with van der Waals surface area (Å²) in [5.74, 6) is -0.272. The molecule has 2 aromatic heterocycles. The third-order valence-electron chi connectivity index (χ3n) is 5.08. The van der Waals surface area contributed by atoms with E-state index < -0.39 is 0 Å². The van der Waals surface area contributed by atoms with Crippen LogP contribution in [-0.4, -0.2) is 34.9 Å². The van der Waals surface area contributed by atoms with Gasteiger partial charge in [0.05, 0.1) is 5.52 Å². The molecule has 0 aliphatic rings. The molecule has 27 heavy (non-hydrogen) atoms. The molecule has 0 saturated heterocycles. The van der Waals surface area contributed by atoms with Gasteiger partial charge in [-0.05, 0) is 37.1 Å². The topological polar surface area (TPSA) is 89.8 Å². The number of hydrogen-bond acceptors (Lipinski definition) is 2. The molecule has 0 fully saturated rings. The van der Waals surface area contributed by atoms with E-state index in [0.29, 0.717) is 18.8 Å². The van der Waals surface area contributed by atoms with Crippen molar-refractivity contribution in [2.45, 2.75) is 20.8 Å². The first-order valence-electron chi connectivity index (χ1n) is 9.02. The van der Waals surface area contributed by atoms with E-state index >= 15 is 0 Å². The zero-order chi connectivity index (χ0) is 19.1. The molecule has 0 atom stereocenters. The van der Waals surface area contributed by atoms with Crippen LogP contribution in [0.2, 0.25) is 0 Å². The van der Waals surface area contributed by atoms with Crippen molar-refractivity contribution in [2.75, 3.05) is 13.1 Å². The zero-order valence-corrected chi connectivity index (χ0v) is 15.6. The van der Waals surface area contributed by atoms with Crippen LogP contribution in [-0.2, 0) is 4.79 Å². The summed E-state index contributed by atoms with van der Waals surface area (Å²) in [7, 11) is 0. The summed E-state index contributed by atoms with van der Waals surface area (Å²) in [6.45, 7) is 6.30. The van der Waals surface area contributed by atoms with E-state index in [-0.39, 0.29) is 11.8 Å². The number of nitrogens with one attached hydrogen (secondary N) is 4. The van der Waals surface area contributed by atoms with Gasteiger partial charge in [0.1, 0.15) is 5.69 Å². The van der Waals surface area contributed by atoms with Crippen LogP contribution >= 0.6 is 0 Å². The lowest BCUT2D eigenvalue weighted by molar-refractivity contribution is -0.118. The van der Waals surface area contributed by atoms with Crippen molar-refractivity contribution >= 4 is 44.5 Å². The van der Waals surface area contributed by atoms with Gasteiger partial charge in [-0.1, -0.05) is 18.2 Å². The number of H-pyrrole nitrogens is 2. The largest absolute Gasteiger partial charge is 0.355 e. The monoisotopic (exact) mass is 362 g/mol. The highest BCUT2D eigenvalue weighted by Gasteiger charge is 2.18. The minimum Gasteiger partial charge on any atom is -0.355 e. The molecule has 2 aromatic carbocycles. The van der Waals surface area contributed by atoms with E-state index in [1.807, 2.05) is 19.1 Å². The van der Waals surface area contributed by atoms with Crippen LogP contribution in [0.1, 0.15) is 28.5 Å². The summed E-state index contributed by atoms with van der Waals surface area (Å²) in [6, 6.07) is 10.3. The first-order valence-corrected chi connectivity index (χ1v) is 9.02. The molecule has 6 nitrogen and oxygen atoms in total. The van der Waals surface area contributed by atoms with Gasteiger partial charge in [0.15, 0.2) is 0 Å². The molecule has 2 amide bonds. The highest BCUT2D eigenvalue weighted by molar-refractivity contribution is 6.15. The third-order valence-corrected chi connectivity index (χ3v) is 5.08. The summed E-state index contributed by atoms with van der Waals surface area (Å²) in [5, 5.41) is 8.91. The Morgan fingerprint density at radius 1 is 0.926 bits per heavy atom. The average Bonchev–Trinajstić information content (AvgIpc) is 3.17. The molecule has 0 unspecified atom stereocenters. The minimum absolute atomic E-state index is 0.107. The van der Waals surface area contributed by atoms with Crippen molar-refractivity contribution < 1.29 is 9.59 Å². The van der Waals surface area contributed by atoms with E-state index in [1.165, 1.54) is 12.3 Å². The van der Waals surface area contributed by atoms with Crippen LogP contribution < -0.4 is 10.6 Å². The summed E-state index contributed by atoms with van der Waals surface area (Å²) in [4.78, 5) is 30.3. The van der Waals surface area contributed by atoms with Gasteiger partial charge in [0, 0.05) is 47.2 Å². The van der Waals surface area contributed by atoms with Gasteiger partial charge in [0.25, 0.3) is 5.91 Å². The number of rotatable bonds is 4. The second kappa shape index (κ2) is 6.46. The Bertz CT molecular complexity index is 1200. The molecular formula is C21H22N4O2. The maximum Gasteiger partial charge on any atom is 0.268 e. The lowest BCUT2D eigenvalue weighted by Gasteiger charge is -2.05. The molecule has 0 aliphatic carbocycles. The SMILES string of the molecule is CC(=O)NCCNC(=O)c1[nH]c2cc3c([nH]c4ccccc43)c(C)c2c1C. The second-order valence-corrected chi connectivity index (χ2v) is 6.88. The quantitative estimate of drug-likeness (QED) is 0.420. The fourth-order valence-corrected chi connectivity index (χ4v) is 3.82. The summed E-state index contributed by atoms with van der Waals surface area (Å²) in [5.41, 5.74) is 5.78. The molecule has 0 aliphatic heterocycles. The van der Waals surface area contributed by atoms with Crippen LogP contribution in [0.4, 0.5) is 0 Å². The highest BCUT2D eigenvalue weighted by Crippen LogP contribution is 2.35. The van der Waals surface area contributed by atoms with Gasteiger partial charge >= 0.3 is 0 Å². The molecule has 4 rings (SSSR count). The molecule has 0 spiro atoms. The smallest absolute Gasteiger partial charge is 0.268 e. The number of benzene rings is 2. The summed E-state index contributed by atoms with van der Waals surface area (Å²) >= 11 is 0. The van der Waals surface area contributed by atoms with Crippen LogP contribution in [0.3, 0.4) is 0 Å². The Balaban J connectivity index is 1.75. The van der Waals surface area contributed by atoms with Gasteiger partial charge < -0.3 is 20.6 Å². The number of aromatic nitrogens is 2. The van der Waals surface area contributed by atoms with E-state index in [4.69, 9.17) is 0 Å². The third kappa shape index (κ3) is 2.83. The van der Waals surface area contributed by atoms with Crippen molar-refractivity contribution in [3.63, 3.8) is 0 Å². The van der Waals surface area contributed by atoms with Crippen LogP contribution in [0.5, 0.6) is 0 Å². The van der Waals surface area contributed by atoms with Crippen molar-refractivity contribution in [3.8, 4) is 0 Å². The molecule has 0 radical (unpaired) electrons. The lowest BCUT2D eigenvalue weighted by atomic mass is 10.0. The maximum absolute atomic E-state index is 12.6. The summed E-state index contributed by atoms with van der Waals surface area (Å²) in [6.07, 6.45) is 0. The molecule has 4 N–H and O–H groups in total. The predicted octanol–water partition coefficient (Wildman–Crippen LogP) is 3.29. The molecule has 4 aromatic rings. The fourth-order valence-electron chi connectivity index (χ4n) is 3.82. The zero-order valence-electron chi connectivity index (χ0n) is 15.6. The normalized spacial score (nSPS) is 11.4. The number of aromatic amines is 2. The Morgan fingerprint density at radius 3 is 2.44 bits per heavy atom. The second-order valence-electron chi connectivity index (χ2n) is 6.88. The number of amides is 2. The number of hydrogen-bond donors (Lipinski definition) is 4. The van der Waals surface area contributed by atoms with Gasteiger partial charge in [0.2, 0.25) is 5.91 Å². The Labute approximate surface area is 156 Å². The first kappa shape index (κ1) is 17.1. The first-order chi connectivity index (χ1) is 13.0. The van der Waals surface area contributed by atoms with Crippen LogP contribution in [0.25, 0.3) is 32.7 Å². The summed E-state index contributed by atoms with van der Waals surface area (Å²) < 4.78 is 0. The molecule has 0 saturated carbocycles. The highest BCUT2D eigenvalue weighted by atomic mass is 16.2.